The highest BCUT2D eigenvalue weighted by Crippen LogP contribution is 3.02. The van der Waals surface area contributed by atoms with Crippen LogP contribution >= 0.6 is 10.2 Å². The zero-order valence-corrected chi connectivity index (χ0v) is 7.42. The van der Waals surface area contributed by atoms with Crippen LogP contribution in [0.2, 0.25) is 0 Å². The highest BCUT2D eigenvalue weighted by Gasteiger charge is 2.65. The summed E-state index contributed by atoms with van der Waals surface area (Å²) in [4.78, 5) is -1.84. The molecule has 0 aromatic heterocycles. The summed E-state index contributed by atoms with van der Waals surface area (Å²) in [5, 5.41) is 0. The fourth-order valence-corrected chi connectivity index (χ4v) is 1.45. The number of hydrogen-bond donors (Lipinski definition) is 0. The maximum Gasteiger partial charge on any atom is 0.310 e. The molecule has 0 bridgehead atoms. The Morgan fingerprint density at radius 2 is 1.23 bits per heavy atom. The molecule has 0 fully saturated rings. The summed E-state index contributed by atoms with van der Waals surface area (Å²) in [6, 6.07) is 2.81. The van der Waals surface area contributed by atoms with Crippen molar-refractivity contribution in [2.75, 3.05) is 0 Å². The molecule has 76 valence electrons. The van der Waals surface area contributed by atoms with Crippen molar-refractivity contribution in [3.8, 4) is 0 Å². The molecule has 0 saturated carbocycles. The smallest absolute Gasteiger partial charge is 0.0936 e. The molecule has 0 aliphatic carbocycles. The molecule has 1 rings (SSSR count). The summed E-state index contributed by atoms with van der Waals surface area (Å²) >= 11 is 0. The Balaban J connectivity index is 3.34. The Morgan fingerprint density at radius 1 is 0.846 bits per heavy atom. The fraction of sp³-hybridized carbons (Fsp3) is 0.143. The maximum atomic E-state index is 12.1. The third-order valence-corrected chi connectivity index (χ3v) is 2.63. The number of rotatable bonds is 1. The second-order valence-corrected chi connectivity index (χ2v) is 5.19. The van der Waals surface area contributed by atoms with Crippen molar-refractivity contribution >= 4 is 10.2 Å². The monoisotopic (exact) mass is 218 g/mol. The first-order chi connectivity index (χ1) is 5.49. The average molecular weight is 218 g/mol. The van der Waals surface area contributed by atoms with Crippen LogP contribution < -0.4 is 0 Å². The largest absolute Gasteiger partial charge is 0.310 e. The lowest BCUT2D eigenvalue weighted by atomic mass is 10.2. The first-order valence-corrected chi connectivity index (χ1v) is 5.25. The van der Waals surface area contributed by atoms with Gasteiger partial charge >= 0.3 is 10.2 Å². The fourth-order valence-electron chi connectivity index (χ4n) is 0.795. The number of aryl methyl sites for hydroxylation is 1. The van der Waals surface area contributed by atoms with Crippen LogP contribution in [-0.2, 0) is 0 Å². The molecule has 0 amide bonds. The van der Waals surface area contributed by atoms with Crippen LogP contribution in [-0.4, -0.2) is 0 Å². The van der Waals surface area contributed by atoms with E-state index in [0.717, 1.165) is 12.1 Å². The Bertz CT molecular complexity index is 321. The van der Waals surface area contributed by atoms with Crippen LogP contribution in [0.5, 0.6) is 0 Å². The first kappa shape index (κ1) is 10.3. The maximum absolute atomic E-state index is 12.1. The SMILES string of the molecule is Cc1ccc(S(F)(F)(F)(F)F)cc1. The molecule has 6 heteroatoms. The van der Waals surface area contributed by atoms with E-state index in [4.69, 9.17) is 0 Å². The van der Waals surface area contributed by atoms with Gasteiger partial charge in [-0.15, -0.1) is 0 Å². The molecular formula is C7H7F5S. The lowest BCUT2D eigenvalue weighted by Gasteiger charge is -2.40. The van der Waals surface area contributed by atoms with Crippen LogP contribution in [0.15, 0.2) is 29.2 Å². The van der Waals surface area contributed by atoms with Gasteiger partial charge in [-0.3, -0.25) is 0 Å². The summed E-state index contributed by atoms with van der Waals surface area (Å²) in [6.45, 7) is 1.52. The van der Waals surface area contributed by atoms with E-state index in [1.807, 2.05) is 0 Å². The van der Waals surface area contributed by atoms with E-state index < -0.39 is 15.1 Å². The van der Waals surface area contributed by atoms with Gasteiger partial charge in [0.25, 0.3) is 0 Å². The predicted octanol–water partition coefficient (Wildman–Crippen LogP) is 4.65. The normalized spacial score (nSPS) is 17.7. The van der Waals surface area contributed by atoms with Crippen LogP contribution in [0.4, 0.5) is 19.4 Å². The molecule has 0 spiro atoms. The quantitative estimate of drug-likeness (QED) is 0.602. The summed E-state index contributed by atoms with van der Waals surface area (Å²) < 4.78 is 60.4. The van der Waals surface area contributed by atoms with Crippen LogP contribution in [0.25, 0.3) is 0 Å². The number of hydrogen-bond acceptors (Lipinski definition) is 0. The molecule has 0 radical (unpaired) electrons. The third-order valence-electron chi connectivity index (χ3n) is 1.47. The molecular weight excluding hydrogens is 211 g/mol. The second kappa shape index (κ2) is 2.00. The minimum absolute atomic E-state index is 0.400. The summed E-state index contributed by atoms with van der Waals surface area (Å²) in [7, 11) is -9.45. The Labute approximate surface area is 72.1 Å². The van der Waals surface area contributed by atoms with E-state index in [2.05, 4.69) is 0 Å². The molecule has 1 aromatic rings. The highest BCUT2D eigenvalue weighted by atomic mass is 32.5. The van der Waals surface area contributed by atoms with Crippen molar-refractivity contribution in [3.05, 3.63) is 29.8 Å². The Morgan fingerprint density at radius 3 is 1.54 bits per heavy atom. The van der Waals surface area contributed by atoms with Crippen molar-refractivity contribution in [2.45, 2.75) is 11.8 Å². The first-order valence-electron chi connectivity index (χ1n) is 3.30. The molecule has 0 unspecified atom stereocenters. The predicted molar refractivity (Wildman–Crippen MR) is 42.6 cm³/mol. The minimum atomic E-state index is -9.45. The van der Waals surface area contributed by atoms with Gasteiger partial charge in [-0.25, -0.2) is 0 Å². The van der Waals surface area contributed by atoms with Gasteiger partial charge in [-0.05, 0) is 19.1 Å². The van der Waals surface area contributed by atoms with Crippen LogP contribution in [0, 0.1) is 6.92 Å². The molecule has 0 nitrogen and oxygen atoms in total. The highest BCUT2D eigenvalue weighted by molar-refractivity contribution is 8.45. The molecule has 0 aliphatic rings. The number of halogens is 5. The minimum Gasteiger partial charge on any atom is -0.0936 e. The van der Waals surface area contributed by atoms with Gasteiger partial charge in [0.15, 0.2) is 0 Å². The molecule has 0 N–H and O–H groups in total. The standard InChI is InChI=1S/C7H7F5S/c1-6-2-4-7(5-3-6)13(8,9,10,11)12/h2-5H,1H3. The van der Waals surface area contributed by atoms with Gasteiger partial charge in [-0.2, -0.15) is 0 Å². The molecule has 0 saturated heterocycles. The van der Waals surface area contributed by atoms with E-state index in [1.165, 1.54) is 6.92 Å². The summed E-state index contributed by atoms with van der Waals surface area (Å²) in [5.41, 5.74) is 0.505. The second-order valence-electron chi connectivity index (χ2n) is 2.78. The summed E-state index contributed by atoms with van der Waals surface area (Å²) in [6.07, 6.45) is 0. The van der Waals surface area contributed by atoms with E-state index in [1.54, 1.807) is 0 Å². The van der Waals surface area contributed by atoms with Gasteiger partial charge < -0.3 is 0 Å². The topological polar surface area (TPSA) is 0 Å². The van der Waals surface area contributed by atoms with Crippen molar-refractivity contribution in [1.29, 1.82) is 0 Å². The van der Waals surface area contributed by atoms with Gasteiger partial charge in [0.05, 0.1) is 0 Å². The third kappa shape index (κ3) is 2.58. The van der Waals surface area contributed by atoms with E-state index in [-0.39, 0.29) is 0 Å². The molecule has 0 heterocycles. The van der Waals surface area contributed by atoms with Crippen molar-refractivity contribution in [3.63, 3.8) is 0 Å². The molecule has 13 heavy (non-hydrogen) atoms. The van der Waals surface area contributed by atoms with Gasteiger partial charge in [0, 0.05) is 0 Å². The van der Waals surface area contributed by atoms with Crippen LogP contribution in [0.3, 0.4) is 0 Å². The van der Waals surface area contributed by atoms with Crippen molar-refractivity contribution in [1.82, 2.24) is 0 Å². The van der Waals surface area contributed by atoms with E-state index >= 15 is 0 Å². The van der Waals surface area contributed by atoms with Gasteiger partial charge in [-0.1, -0.05) is 37.1 Å². The zero-order chi connectivity index (χ0) is 10.4. The van der Waals surface area contributed by atoms with E-state index in [0.29, 0.717) is 17.7 Å². The van der Waals surface area contributed by atoms with Gasteiger partial charge in [0.1, 0.15) is 4.90 Å². The zero-order valence-electron chi connectivity index (χ0n) is 6.61. The van der Waals surface area contributed by atoms with E-state index in [9.17, 15) is 19.4 Å². The van der Waals surface area contributed by atoms with Crippen molar-refractivity contribution < 1.29 is 19.4 Å². The van der Waals surface area contributed by atoms with Crippen molar-refractivity contribution in [2.24, 2.45) is 0 Å². The Kier molecular flexibility index (Phi) is 1.58. The van der Waals surface area contributed by atoms with Crippen LogP contribution in [0.1, 0.15) is 5.56 Å². The summed E-state index contributed by atoms with van der Waals surface area (Å²) in [5.74, 6) is 0. The lowest BCUT2D eigenvalue weighted by Crippen LogP contribution is -2.05. The number of benzene rings is 1. The average Bonchev–Trinajstić information content (AvgIpc) is 1.82. The molecule has 0 atom stereocenters. The molecule has 1 aromatic carbocycles. The van der Waals surface area contributed by atoms with Gasteiger partial charge in [0.2, 0.25) is 0 Å². The lowest BCUT2D eigenvalue weighted by molar-refractivity contribution is 0.364. The Hall–Kier alpha value is -0.780. The molecule has 0 aliphatic heterocycles.